The molecule has 0 unspecified atom stereocenters. The maximum atomic E-state index is 13.7. The molecule has 0 heterocycles. The van der Waals surface area contributed by atoms with Crippen LogP contribution in [0.15, 0.2) is 78.4 Å². The fourth-order valence-electron chi connectivity index (χ4n) is 2.97. The van der Waals surface area contributed by atoms with Crippen LogP contribution in [-0.4, -0.2) is 25.5 Å². The van der Waals surface area contributed by atoms with Gasteiger partial charge in [-0.1, -0.05) is 48.5 Å². The largest absolute Gasteiger partial charge is 0.493 e. The molecular formula is C26H22FN3O4. The van der Waals surface area contributed by atoms with E-state index in [0.29, 0.717) is 17.9 Å². The number of anilines is 1. The van der Waals surface area contributed by atoms with Crippen LogP contribution in [0.25, 0.3) is 6.08 Å². The van der Waals surface area contributed by atoms with E-state index in [-0.39, 0.29) is 23.6 Å². The fourth-order valence-corrected chi connectivity index (χ4v) is 2.97. The Morgan fingerprint density at radius 1 is 1.03 bits per heavy atom. The van der Waals surface area contributed by atoms with Crippen molar-refractivity contribution < 1.29 is 23.5 Å². The number of hydrogen-bond donors (Lipinski definition) is 2. The Bertz CT molecular complexity index is 1240. The first-order valence-corrected chi connectivity index (χ1v) is 10.3. The van der Waals surface area contributed by atoms with Gasteiger partial charge in [-0.3, -0.25) is 9.59 Å². The molecule has 2 amide bonds. The van der Waals surface area contributed by atoms with E-state index in [4.69, 9.17) is 9.47 Å². The van der Waals surface area contributed by atoms with Gasteiger partial charge in [-0.25, -0.2) is 4.39 Å². The highest BCUT2D eigenvalue weighted by molar-refractivity contribution is 6.01. The number of para-hydroxylation sites is 1. The maximum Gasteiger partial charge on any atom is 0.262 e. The summed E-state index contributed by atoms with van der Waals surface area (Å²) in [6.07, 6.45) is 1.43. The highest BCUT2D eigenvalue weighted by Gasteiger charge is 2.12. The van der Waals surface area contributed by atoms with E-state index in [1.165, 1.54) is 31.4 Å². The van der Waals surface area contributed by atoms with Crippen molar-refractivity contribution in [3.05, 3.63) is 95.3 Å². The third-order valence-corrected chi connectivity index (χ3v) is 4.67. The number of amides is 2. The minimum absolute atomic E-state index is 0.0538. The molecule has 34 heavy (non-hydrogen) atoms. The Balaban J connectivity index is 1.64. The number of ether oxygens (including phenoxy) is 2. The van der Waals surface area contributed by atoms with Gasteiger partial charge in [0.25, 0.3) is 11.8 Å². The Morgan fingerprint density at radius 2 is 1.76 bits per heavy atom. The number of benzene rings is 3. The number of hydrogen-bond acceptors (Lipinski definition) is 5. The van der Waals surface area contributed by atoms with Crippen LogP contribution in [0.3, 0.4) is 0 Å². The van der Waals surface area contributed by atoms with Crippen LogP contribution < -0.4 is 20.1 Å². The average Bonchev–Trinajstić information content (AvgIpc) is 2.86. The number of nitrogens with zero attached hydrogens (tertiary/aromatic N) is 1. The van der Waals surface area contributed by atoms with Gasteiger partial charge in [0.2, 0.25) is 0 Å². The van der Waals surface area contributed by atoms with Crippen molar-refractivity contribution in [3.8, 4) is 17.6 Å². The van der Waals surface area contributed by atoms with Crippen molar-refractivity contribution in [1.29, 1.82) is 5.26 Å². The van der Waals surface area contributed by atoms with Crippen LogP contribution in [0.2, 0.25) is 0 Å². The molecule has 0 atom stereocenters. The SMILES string of the molecule is COc1cc(/C=C(\C#N)C(=O)NCc2ccccc2)ccc1OCC(=O)Nc1ccccc1F. The molecule has 3 aromatic rings. The molecular weight excluding hydrogens is 437 g/mol. The summed E-state index contributed by atoms with van der Waals surface area (Å²) in [7, 11) is 1.42. The predicted molar refractivity (Wildman–Crippen MR) is 125 cm³/mol. The lowest BCUT2D eigenvalue weighted by molar-refractivity contribution is -0.118. The minimum Gasteiger partial charge on any atom is -0.493 e. The van der Waals surface area contributed by atoms with Gasteiger partial charge in [0, 0.05) is 6.54 Å². The minimum atomic E-state index is -0.550. The number of methoxy groups -OCH3 is 1. The van der Waals surface area contributed by atoms with Crippen LogP contribution in [0, 0.1) is 17.1 Å². The molecule has 8 heteroatoms. The molecule has 3 rings (SSSR count). The van der Waals surface area contributed by atoms with Crippen molar-refractivity contribution >= 4 is 23.6 Å². The number of carbonyl (C=O) groups is 2. The van der Waals surface area contributed by atoms with Crippen molar-refractivity contribution in [2.24, 2.45) is 0 Å². The smallest absolute Gasteiger partial charge is 0.262 e. The monoisotopic (exact) mass is 459 g/mol. The molecule has 0 aliphatic heterocycles. The van der Waals surface area contributed by atoms with Crippen molar-refractivity contribution in [2.75, 3.05) is 19.0 Å². The third kappa shape index (κ3) is 6.68. The van der Waals surface area contributed by atoms with E-state index >= 15 is 0 Å². The van der Waals surface area contributed by atoms with Crippen LogP contribution in [0.5, 0.6) is 11.5 Å². The second-order valence-corrected chi connectivity index (χ2v) is 7.07. The van der Waals surface area contributed by atoms with E-state index < -0.39 is 17.6 Å². The first-order valence-electron chi connectivity index (χ1n) is 10.3. The van der Waals surface area contributed by atoms with Gasteiger partial charge < -0.3 is 20.1 Å². The fraction of sp³-hybridized carbons (Fsp3) is 0.115. The summed E-state index contributed by atoms with van der Waals surface area (Å²) in [6, 6.07) is 21.8. The molecule has 3 aromatic carbocycles. The van der Waals surface area contributed by atoms with Crippen LogP contribution in [-0.2, 0) is 16.1 Å². The van der Waals surface area contributed by atoms with Crippen LogP contribution in [0.1, 0.15) is 11.1 Å². The second-order valence-electron chi connectivity index (χ2n) is 7.07. The predicted octanol–water partition coefficient (Wildman–Crippen LogP) is 4.08. The number of nitriles is 1. The van der Waals surface area contributed by atoms with E-state index in [2.05, 4.69) is 10.6 Å². The Hall–Kier alpha value is -4.64. The quantitative estimate of drug-likeness (QED) is 0.371. The number of halogens is 1. The molecule has 0 saturated carbocycles. The Kier molecular flexibility index (Phi) is 8.36. The van der Waals surface area contributed by atoms with Gasteiger partial charge in [-0.15, -0.1) is 0 Å². The van der Waals surface area contributed by atoms with Gasteiger partial charge >= 0.3 is 0 Å². The molecule has 2 N–H and O–H groups in total. The average molecular weight is 459 g/mol. The van der Waals surface area contributed by atoms with Crippen LogP contribution in [0.4, 0.5) is 10.1 Å². The number of rotatable bonds is 9. The molecule has 0 aromatic heterocycles. The normalized spacial score (nSPS) is 10.7. The maximum absolute atomic E-state index is 13.7. The first-order chi connectivity index (χ1) is 16.5. The molecule has 0 fully saturated rings. The lowest BCUT2D eigenvalue weighted by Gasteiger charge is -2.12. The molecule has 0 saturated heterocycles. The summed E-state index contributed by atoms with van der Waals surface area (Å²) in [5.74, 6) is -1.02. The summed E-state index contributed by atoms with van der Waals surface area (Å²) in [4.78, 5) is 24.5. The summed E-state index contributed by atoms with van der Waals surface area (Å²) in [5.41, 5.74) is 1.43. The third-order valence-electron chi connectivity index (χ3n) is 4.67. The molecule has 0 spiro atoms. The second kappa shape index (κ2) is 11.8. The van der Waals surface area contributed by atoms with Crippen molar-refractivity contribution in [2.45, 2.75) is 6.54 Å². The van der Waals surface area contributed by atoms with Gasteiger partial charge in [0.05, 0.1) is 12.8 Å². The van der Waals surface area contributed by atoms with Gasteiger partial charge in [0.15, 0.2) is 18.1 Å². The molecule has 0 aliphatic carbocycles. The van der Waals surface area contributed by atoms with Gasteiger partial charge in [0.1, 0.15) is 17.5 Å². The van der Waals surface area contributed by atoms with Crippen molar-refractivity contribution in [3.63, 3.8) is 0 Å². The van der Waals surface area contributed by atoms with E-state index in [0.717, 1.165) is 5.56 Å². The van der Waals surface area contributed by atoms with Gasteiger partial charge in [-0.05, 0) is 41.5 Å². The number of carbonyl (C=O) groups excluding carboxylic acids is 2. The highest BCUT2D eigenvalue weighted by Crippen LogP contribution is 2.29. The topological polar surface area (TPSA) is 100 Å². The zero-order valence-electron chi connectivity index (χ0n) is 18.4. The summed E-state index contributed by atoms with van der Waals surface area (Å²) < 4.78 is 24.5. The summed E-state index contributed by atoms with van der Waals surface area (Å²) >= 11 is 0. The molecule has 0 radical (unpaired) electrons. The Morgan fingerprint density at radius 3 is 2.47 bits per heavy atom. The lowest BCUT2D eigenvalue weighted by atomic mass is 10.1. The zero-order valence-corrected chi connectivity index (χ0v) is 18.4. The Labute approximate surface area is 196 Å². The standard InChI is InChI=1S/C26H22FN3O4/c1-33-24-14-19(13-20(15-28)26(32)29-16-18-7-3-2-4-8-18)11-12-23(24)34-17-25(31)30-22-10-6-5-9-21(22)27/h2-14H,16-17H2,1H3,(H,29,32)(H,30,31)/b20-13+. The summed E-state index contributed by atoms with van der Waals surface area (Å²) in [6.45, 7) is -0.0744. The highest BCUT2D eigenvalue weighted by atomic mass is 19.1. The molecule has 0 aliphatic rings. The van der Waals surface area contributed by atoms with Crippen LogP contribution >= 0.6 is 0 Å². The van der Waals surface area contributed by atoms with E-state index in [9.17, 15) is 19.2 Å². The first kappa shape index (κ1) is 24.0. The summed E-state index contributed by atoms with van der Waals surface area (Å²) in [5, 5.41) is 14.6. The lowest BCUT2D eigenvalue weighted by Crippen LogP contribution is -2.23. The zero-order chi connectivity index (χ0) is 24.3. The molecule has 7 nitrogen and oxygen atoms in total. The van der Waals surface area contributed by atoms with Crippen molar-refractivity contribution in [1.82, 2.24) is 5.32 Å². The van der Waals surface area contributed by atoms with E-state index in [1.54, 1.807) is 24.3 Å². The molecule has 172 valence electrons. The van der Waals surface area contributed by atoms with Gasteiger partial charge in [-0.2, -0.15) is 5.26 Å². The van der Waals surface area contributed by atoms with E-state index in [1.807, 2.05) is 36.4 Å². The molecule has 0 bridgehead atoms. The number of nitrogens with one attached hydrogen (secondary N) is 2.